The van der Waals surface area contributed by atoms with Gasteiger partial charge in [0.1, 0.15) is 0 Å². The molecule has 18 heavy (non-hydrogen) atoms. The molecule has 1 rings (SSSR count). The molecule has 3 amide bonds. The monoisotopic (exact) mass is 254 g/mol. The number of nitrogens with one attached hydrogen (secondary N) is 1. The second kappa shape index (κ2) is 6.90. The molecule has 1 aliphatic rings. The van der Waals surface area contributed by atoms with E-state index in [4.69, 9.17) is 4.74 Å². The molecule has 0 radical (unpaired) electrons. The molecule has 6 heteroatoms. The Bertz CT molecular complexity index is 345. The maximum absolute atomic E-state index is 11.4. The first-order chi connectivity index (χ1) is 8.50. The van der Waals surface area contributed by atoms with E-state index in [0.29, 0.717) is 13.2 Å². The van der Waals surface area contributed by atoms with Gasteiger partial charge in [-0.3, -0.25) is 19.3 Å². The summed E-state index contributed by atoms with van der Waals surface area (Å²) < 4.78 is 5.26. The van der Waals surface area contributed by atoms with E-state index in [1.54, 1.807) is 0 Å². The summed E-state index contributed by atoms with van der Waals surface area (Å²) in [7, 11) is 0. The Morgan fingerprint density at radius 3 is 2.50 bits per heavy atom. The van der Waals surface area contributed by atoms with Crippen molar-refractivity contribution in [2.45, 2.75) is 26.4 Å². The zero-order valence-corrected chi connectivity index (χ0v) is 10.6. The van der Waals surface area contributed by atoms with Crippen LogP contribution in [0.15, 0.2) is 12.2 Å². The van der Waals surface area contributed by atoms with Crippen molar-refractivity contribution in [3.63, 3.8) is 0 Å². The van der Waals surface area contributed by atoms with Gasteiger partial charge in [-0.1, -0.05) is 0 Å². The normalized spacial score (nSPS) is 14.7. The minimum atomic E-state index is -0.365. The van der Waals surface area contributed by atoms with Crippen molar-refractivity contribution >= 4 is 17.7 Å². The third-order valence-corrected chi connectivity index (χ3v) is 2.34. The maximum atomic E-state index is 11.4. The van der Waals surface area contributed by atoms with Crippen molar-refractivity contribution in [1.29, 1.82) is 0 Å². The molecule has 0 atom stereocenters. The molecular formula is C12H18N2O4. The summed E-state index contributed by atoms with van der Waals surface area (Å²) in [6.45, 7) is 4.82. The van der Waals surface area contributed by atoms with Crippen LogP contribution in [0, 0.1) is 0 Å². The van der Waals surface area contributed by atoms with Crippen LogP contribution >= 0.6 is 0 Å². The van der Waals surface area contributed by atoms with E-state index in [1.165, 1.54) is 12.2 Å². The summed E-state index contributed by atoms with van der Waals surface area (Å²) in [4.78, 5) is 34.9. The van der Waals surface area contributed by atoms with Gasteiger partial charge in [-0.05, 0) is 13.8 Å². The molecule has 0 saturated carbocycles. The van der Waals surface area contributed by atoms with E-state index in [9.17, 15) is 14.4 Å². The number of hydrogen-bond donors (Lipinski definition) is 1. The van der Waals surface area contributed by atoms with Crippen LogP contribution in [0.25, 0.3) is 0 Å². The summed E-state index contributed by atoms with van der Waals surface area (Å²) in [5.74, 6) is -0.929. The fraction of sp³-hybridized carbons (Fsp3) is 0.583. The summed E-state index contributed by atoms with van der Waals surface area (Å²) in [5, 5.41) is 2.66. The predicted molar refractivity (Wildman–Crippen MR) is 64.6 cm³/mol. The summed E-state index contributed by atoms with van der Waals surface area (Å²) in [6.07, 6.45) is 2.65. The van der Waals surface area contributed by atoms with Crippen LogP contribution < -0.4 is 5.32 Å². The first kappa shape index (κ1) is 14.4. The van der Waals surface area contributed by atoms with Crippen LogP contribution in [0.1, 0.15) is 20.3 Å². The average molecular weight is 254 g/mol. The predicted octanol–water partition coefficient (Wildman–Crippen LogP) is -0.157. The van der Waals surface area contributed by atoms with Crippen LogP contribution in [0.5, 0.6) is 0 Å². The first-order valence-corrected chi connectivity index (χ1v) is 5.92. The van der Waals surface area contributed by atoms with Gasteiger partial charge in [-0.15, -0.1) is 0 Å². The highest BCUT2D eigenvalue weighted by atomic mass is 16.5. The SMILES string of the molecule is CC(C)OCCNC(=O)CCN1C(=O)C=CC1=O. The Morgan fingerprint density at radius 2 is 1.94 bits per heavy atom. The molecule has 0 aliphatic carbocycles. The van der Waals surface area contributed by atoms with Gasteiger partial charge in [0.15, 0.2) is 0 Å². The Kier molecular flexibility index (Phi) is 5.51. The fourth-order valence-corrected chi connectivity index (χ4v) is 1.44. The molecule has 0 aromatic heterocycles. The molecule has 0 aromatic carbocycles. The number of amides is 3. The lowest BCUT2D eigenvalue weighted by atomic mass is 10.3. The third-order valence-electron chi connectivity index (χ3n) is 2.34. The number of carbonyl (C=O) groups is 3. The molecule has 0 saturated heterocycles. The van der Waals surface area contributed by atoms with E-state index >= 15 is 0 Å². The van der Waals surface area contributed by atoms with Gasteiger partial charge in [-0.2, -0.15) is 0 Å². The Balaban J connectivity index is 2.14. The molecule has 6 nitrogen and oxygen atoms in total. The standard InChI is InChI=1S/C12H18N2O4/c1-9(2)18-8-6-13-10(15)5-7-14-11(16)3-4-12(14)17/h3-4,9H,5-8H2,1-2H3,(H,13,15). The molecule has 0 unspecified atom stereocenters. The van der Waals surface area contributed by atoms with Gasteiger partial charge in [0.25, 0.3) is 11.8 Å². The van der Waals surface area contributed by atoms with E-state index in [2.05, 4.69) is 5.32 Å². The lowest BCUT2D eigenvalue weighted by molar-refractivity contribution is -0.137. The van der Waals surface area contributed by atoms with Crippen molar-refractivity contribution in [1.82, 2.24) is 10.2 Å². The molecule has 0 aromatic rings. The minimum Gasteiger partial charge on any atom is -0.377 e. The highest BCUT2D eigenvalue weighted by molar-refractivity contribution is 6.13. The summed E-state index contributed by atoms with van der Waals surface area (Å²) in [5.41, 5.74) is 0. The van der Waals surface area contributed by atoms with Gasteiger partial charge in [0.05, 0.1) is 12.7 Å². The molecular weight excluding hydrogens is 236 g/mol. The van der Waals surface area contributed by atoms with E-state index in [1.807, 2.05) is 13.8 Å². The Hall–Kier alpha value is -1.69. The molecule has 1 N–H and O–H groups in total. The smallest absolute Gasteiger partial charge is 0.253 e. The van der Waals surface area contributed by atoms with Crippen LogP contribution in [-0.4, -0.2) is 48.4 Å². The van der Waals surface area contributed by atoms with E-state index < -0.39 is 0 Å². The molecule has 0 fully saturated rings. The molecule has 1 aliphatic heterocycles. The maximum Gasteiger partial charge on any atom is 0.253 e. The number of rotatable bonds is 7. The zero-order chi connectivity index (χ0) is 13.5. The lowest BCUT2D eigenvalue weighted by Gasteiger charge is -2.13. The van der Waals surface area contributed by atoms with Gasteiger partial charge < -0.3 is 10.1 Å². The van der Waals surface area contributed by atoms with Crippen LogP contribution in [0.3, 0.4) is 0 Å². The zero-order valence-electron chi connectivity index (χ0n) is 10.6. The number of imide groups is 1. The molecule has 100 valence electrons. The van der Waals surface area contributed by atoms with Crippen LogP contribution in [0.4, 0.5) is 0 Å². The second-order valence-electron chi connectivity index (χ2n) is 4.18. The summed E-state index contributed by atoms with van der Waals surface area (Å²) in [6, 6.07) is 0. The molecule has 0 bridgehead atoms. The second-order valence-corrected chi connectivity index (χ2v) is 4.18. The van der Waals surface area contributed by atoms with Crippen molar-refractivity contribution in [3.05, 3.63) is 12.2 Å². The van der Waals surface area contributed by atoms with Crippen molar-refractivity contribution in [3.8, 4) is 0 Å². The quantitative estimate of drug-likeness (QED) is 0.506. The summed E-state index contributed by atoms with van der Waals surface area (Å²) >= 11 is 0. The lowest BCUT2D eigenvalue weighted by Crippen LogP contribution is -2.35. The Labute approximate surface area is 106 Å². The number of nitrogens with zero attached hydrogens (tertiary/aromatic N) is 1. The Morgan fingerprint density at radius 1 is 1.33 bits per heavy atom. The van der Waals surface area contributed by atoms with Gasteiger partial charge in [0.2, 0.25) is 5.91 Å². The van der Waals surface area contributed by atoms with Gasteiger partial charge >= 0.3 is 0 Å². The minimum absolute atomic E-state index is 0.112. The largest absolute Gasteiger partial charge is 0.377 e. The number of carbonyl (C=O) groups excluding carboxylic acids is 3. The average Bonchev–Trinajstić information content (AvgIpc) is 2.62. The molecule has 0 spiro atoms. The highest BCUT2D eigenvalue weighted by Crippen LogP contribution is 2.03. The number of ether oxygens (including phenoxy) is 1. The highest BCUT2D eigenvalue weighted by Gasteiger charge is 2.23. The van der Waals surface area contributed by atoms with Gasteiger partial charge in [-0.25, -0.2) is 0 Å². The van der Waals surface area contributed by atoms with Crippen molar-refractivity contribution in [2.24, 2.45) is 0 Å². The van der Waals surface area contributed by atoms with Crippen molar-refractivity contribution < 1.29 is 19.1 Å². The topological polar surface area (TPSA) is 75.7 Å². The fourth-order valence-electron chi connectivity index (χ4n) is 1.44. The van der Waals surface area contributed by atoms with Crippen LogP contribution in [-0.2, 0) is 19.1 Å². The van der Waals surface area contributed by atoms with E-state index in [0.717, 1.165) is 4.90 Å². The van der Waals surface area contributed by atoms with Crippen LogP contribution in [0.2, 0.25) is 0 Å². The first-order valence-electron chi connectivity index (χ1n) is 5.92. The van der Waals surface area contributed by atoms with Gasteiger partial charge in [0, 0.05) is 31.7 Å². The third kappa shape index (κ3) is 4.67. The van der Waals surface area contributed by atoms with E-state index in [-0.39, 0.29) is 36.8 Å². The number of hydrogen-bond acceptors (Lipinski definition) is 4. The molecule has 1 heterocycles. The van der Waals surface area contributed by atoms with Crippen molar-refractivity contribution in [2.75, 3.05) is 19.7 Å².